The molecule has 1 heterocycles. The normalized spacial score (nSPS) is 16.6. The Hall–Kier alpha value is -3.02. The monoisotopic (exact) mass is 341 g/mol. The van der Waals surface area contributed by atoms with Gasteiger partial charge in [-0.2, -0.15) is 0 Å². The lowest BCUT2D eigenvalue weighted by atomic mass is 10.2. The van der Waals surface area contributed by atoms with E-state index >= 15 is 0 Å². The number of carbonyl (C=O) groups excluding carboxylic acids is 2. The number of nitrogens with one attached hydrogen (secondary N) is 1. The molecule has 0 saturated carbocycles. The van der Waals surface area contributed by atoms with Crippen LogP contribution in [-0.4, -0.2) is 30.7 Å². The SMILES string of the molecule is C[C@@H](OC(=O)[C@H]1COc2ccccc2O1)C(=O)NCc1ccccc1. The number of para-hydroxylation sites is 2. The van der Waals surface area contributed by atoms with Gasteiger partial charge in [0.2, 0.25) is 6.10 Å². The summed E-state index contributed by atoms with van der Waals surface area (Å²) < 4.78 is 16.2. The average Bonchev–Trinajstić information content (AvgIpc) is 2.66. The molecule has 0 radical (unpaired) electrons. The van der Waals surface area contributed by atoms with Crippen molar-refractivity contribution < 1.29 is 23.8 Å². The Morgan fingerprint density at radius 3 is 2.56 bits per heavy atom. The zero-order valence-corrected chi connectivity index (χ0v) is 13.8. The van der Waals surface area contributed by atoms with Gasteiger partial charge in [0.15, 0.2) is 17.6 Å². The third kappa shape index (κ3) is 4.29. The molecule has 1 aliphatic rings. The number of ether oxygens (including phenoxy) is 3. The Kier molecular flexibility index (Phi) is 5.18. The van der Waals surface area contributed by atoms with E-state index in [1.165, 1.54) is 6.92 Å². The number of esters is 1. The minimum absolute atomic E-state index is 0.0498. The highest BCUT2D eigenvalue weighted by atomic mass is 16.6. The maximum atomic E-state index is 12.2. The molecule has 0 aliphatic carbocycles. The van der Waals surface area contributed by atoms with Gasteiger partial charge in [-0.3, -0.25) is 4.79 Å². The third-order valence-electron chi connectivity index (χ3n) is 3.74. The largest absolute Gasteiger partial charge is 0.485 e. The van der Waals surface area contributed by atoms with Crippen molar-refractivity contribution in [3.05, 3.63) is 60.2 Å². The maximum Gasteiger partial charge on any atom is 0.351 e. The van der Waals surface area contributed by atoms with Gasteiger partial charge in [-0.1, -0.05) is 42.5 Å². The molecule has 0 bridgehead atoms. The summed E-state index contributed by atoms with van der Waals surface area (Å²) in [7, 11) is 0. The Morgan fingerprint density at radius 1 is 1.12 bits per heavy atom. The Labute approximate surface area is 145 Å². The van der Waals surface area contributed by atoms with E-state index in [0.29, 0.717) is 18.0 Å². The molecule has 1 amide bonds. The van der Waals surface area contributed by atoms with Gasteiger partial charge in [-0.05, 0) is 24.6 Å². The molecule has 2 aromatic carbocycles. The highest BCUT2D eigenvalue weighted by molar-refractivity contribution is 5.84. The number of benzene rings is 2. The molecule has 0 saturated heterocycles. The smallest absolute Gasteiger partial charge is 0.351 e. The van der Waals surface area contributed by atoms with E-state index in [4.69, 9.17) is 14.2 Å². The summed E-state index contributed by atoms with van der Waals surface area (Å²) >= 11 is 0. The van der Waals surface area contributed by atoms with Crippen molar-refractivity contribution in [2.75, 3.05) is 6.61 Å². The van der Waals surface area contributed by atoms with Crippen molar-refractivity contribution in [2.45, 2.75) is 25.7 Å². The van der Waals surface area contributed by atoms with Crippen molar-refractivity contribution >= 4 is 11.9 Å². The molecule has 130 valence electrons. The molecular formula is C19H19NO5. The van der Waals surface area contributed by atoms with E-state index < -0.39 is 18.2 Å². The molecular weight excluding hydrogens is 322 g/mol. The number of rotatable bonds is 5. The van der Waals surface area contributed by atoms with Crippen LogP contribution in [0, 0.1) is 0 Å². The summed E-state index contributed by atoms with van der Waals surface area (Å²) in [5.74, 6) is 0.0725. The van der Waals surface area contributed by atoms with Crippen LogP contribution in [0.4, 0.5) is 0 Å². The Balaban J connectivity index is 1.50. The summed E-state index contributed by atoms with van der Waals surface area (Å²) in [4.78, 5) is 24.3. The summed E-state index contributed by atoms with van der Waals surface area (Å²) in [6, 6.07) is 16.6. The number of hydrogen-bond acceptors (Lipinski definition) is 5. The van der Waals surface area contributed by atoms with Crippen LogP contribution in [0.3, 0.4) is 0 Å². The quantitative estimate of drug-likeness (QED) is 0.843. The van der Waals surface area contributed by atoms with Crippen molar-refractivity contribution in [3.63, 3.8) is 0 Å². The minimum atomic E-state index is -0.919. The fourth-order valence-corrected chi connectivity index (χ4v) is 2.37. The van der Waals surface area contributed by atoms with E-state index in [9.17, 15) is 9.59 Å². The molecule has 2 atom stereocenters. The van der Waals surface area contributed by atoms with Gasteiger partial charge in [-0.15, -0.1) is 0 Å². The van der Waals surface area contributed by atoms with Crippen LogP contribution in [-0.2, 0) is 20.9 Å². The number of carbonyl (C=O) groups is 2. The molecule has 0 aromatic heterocycles. The molecule has 0 spiro atoms. The molecule has 2 aromatic rings. The molecule has 0 unspecified atom stereocenters. The molecule has 6 heteroatoms. The van der Waals surface area contributed by atoms with Gasteiger partial charge in [0.05, 0.1) is 0 Å². The number of fused-ring (bicyclic) bond motifs is 1. The maximum absolute atomic E-state index is 12.2. The van der Waals surface area contributed by atoms with Crippen LogP contribution in [0.2, 0.25) is 0 Å². The average molecular weight is 341 g/mol. The first-order valence-corrected chi connectivity index (χ1v) is 8.04. The lowest BCUT2D eigenvalue weighted by molar-refractivity contribution is -0.163. The lowest BCUT2D eigenvalue weighted by Gasteiger charge is -2.25. The fraction of sp³-hybridized carbons (Fsp3) is 0.263. The standard InChI is InChI=1S/C19H19NO5/c1-13(18(21)20-11-14-7-3-2-4-8-14)24-19(22)17-12-23-15-9-5-6-10-16(15)25-17/h2-10,13,17H,11-12H2,1H3,(H,20,21)/t13-,17-/m1/s1. The van der Waals surface area contributed by atoms with Gasteiger partial charge in [-0.25, -0.2) is 4.79 Å². The Morgan fingerprint density at radius 2 is 1.80 bits per heavy atom. The van der Waals surface area contributed by atoms with Crippen molar-refractivity contribution in [1.29, 1.82) is 0 Å². The molecule has 25 heavy (non-hydrogen) atoms. The zero-order chi connectivity index (χ0) is 17.6. The minimum Gasteiger partial charge on any atom is -0.485 e. The van der Waals surface area contributed by atoms with Gasteiger partial charge >= 0.3 is 5.97 Å². The second-order valence-corrected chi connectivity index (χ2v) is 5.65. The molecule has 0 fully saturated rings. The first-order valence-electron chi connectivity index (χ1n) is 8.04. The highest BCUT2D eigenvalue weighted by Gasteiger charge is 2.31. The highest BCUT2D eigenvalue weighted by Crippen LogP contribution is 2.31. The van der Waals surface area contributed by atoms with Crippen molar-refractivity contribution in [3.8, 4) is 11.5 Å². The summed E-state index contributed by atoms with van der Waals surface area (Å²) in [6.45, 7) is 1.95. The number of amides is 1. The summed E-state index contributed by atoms with van der Waals surface area (Å²) in [6.07, 6.45) is -1.81. The number of hydrogen-bond donors (Lipinski definition) is 1. The van der Waals surface area contributed by atoms with Gasteiger partial charge in [0.25, 0.3) is 5.91 Å². The summed E-state index contributed by atoms with van der Waals surface area (Å²) in [5, 5.41) is 2.73. The van der Waals surface area contributed by atoms with Crippen LogP contribution in [0.25, 0.3) is 0 Å². The van der Waals surface area contributed by atoms with E-state index in [0.717, 1.165) is 5.56 Å². The predicted octanol–water partition coefficient (Wildman–Crippen LogP) is 2.07. The van der Waals surface area contributed by atoms with Crippen LogP contribution in [0.1, 0.15) is 12.5 Å². The second kappa shape index (κ2) is 7.70. The van der Waals surface area contributed by atoms with Crippen LogP contribution in [0.5, 0.6) is 11.5 Å². The van der Waals surface area contributed by atoms with Gasteiger partial charge in [0.1, 0.15) is 6.61 Å². The van der Waals surface area contributed by atoms with Crippen LogP contribution >= 0.6 is 0 Å². The Bertz CT molecular complexity index is 746. The van der Waals surface area contributed by atoms with E-state index in [2.05, 4.69) is 5.32 Å². The van der Waals surface area contributed by atoms with Crippen LogP contribution in [0.15, 0.2) is 54.6 Å². The topological polar surface area (TPSA) is 73.9 Å². The predicted molar refractivity (Wildman–Crippen MR) is 90.2 cm³/mol. The van der Waals surface area contributed by atoms with Crippen LogP contribution < -0.4 is 14.8 Å². The molecule has 3 rings (SSSR count). The van der Waals surface area contributed by atoms with E-state index in [-0.39, 0.29) is 12.5 Å². The zero-order valence-electron chi connectivity index (χ0n) is 13.8. The molecule has 1 aliphatic heterocycles. The molecule has 1 N–H and O–H groups in total. The van der Waals surface area contributed by atoms with Gasteiger partial charge in [0, 0.05) is 6.54 Å². The van der Waals surface area contributed by atoms with Crippen molar-refractivity contribution in [1.82, 2.24) is 5.32 Å². The third-order valence-corrected chi connectivity index (χ3v) is 3.74. The first-order chi connectivity index (χ1) is 12.1. The summed E-state index contributed by atoms with van der Waals surface area (Å²) in [5.41, 5.74) is 0.968. The van der Waals surface area contributed by atoms with E-state index in [1.54, 1.807) is 18.2 Å². The fourth-order valence-electron chi connectivity index (χ4n) is 2.37. The second-order valence-electron chi connectivity index (χ2n) is 5.65. The lowest BCUT2D eigenvalue weighted by Crippen LogP contribution is -2.42. The van der Waals surface area contributed by atoms with Gasteiger partial charge < -0.3 is 19.5 Å². The molecule has 6 nitrogen and oxygen atoms in total. The van der Waals surface area contributed by atoms with E-state index in [1.807, 2.05) is 36.4 Å². The first kappa shape index (κ1) is 16.8. The van der Waals surface area contributed by atoms with Crippen molar-refractivity contribution in [2.24, 2.45) is 0 Å².